The van der Waals surface area contributed by atoms with Crippen molar-refractivity contribution in [3.05, 3.63) is 12.0 Å². The van der Waals surface area contributed by atoms with E-state index in [1.54, 1.807) is 27.7 Å². The molecule has 0 aliphatic carbocycles. The number of sulfonamides is 1. The number of aryl methyl sites for hydroxylation is 1. The molecule has 0 aliphatic heterocycles. The minimum Gasteiger partial charge on any atom is -0.332 e. The highest BCUT2D eigenvalue weighted by Gasteiger charge is 2.23. The fraction of sp³-hybridized carbons (Fsp3) is 0.625. The molecule has 14 heavy (non-hydrogen) atoms. The van der Waals surface area contributed by atoms with Gasteiger partial charge in [-0.25, -0.2) is 18.1 Å². The van der Waals surface area contributed by atoms with Gasteiger partial charge in [0.2, 0.25) is 0 Å². The maximum atomic E-state index is 11.7. The summed E-state index contributed by atoms with van der Waals surface area (Å²) in [6.45, 7) is 7.06. The molecule has 0 aliphatic rings. The van der Waals surface area contributed by atoms with Gasteiger partial charge in [-0.05, 0) is 27.7 Å². The molecule has 0 radical (unpaired) electrons. The van der Waals surface area contributed by atoms with Crippen LogP contribution < -0.4 is 4.72 Å². The van der Waals surface area contributed by atoms with Crippen molar-refractivity contribution in [2.45, 2.75) is 38.3 Å². The molecule has 0 amide bonds. The Balaban J connectivity index is 2.98. The van der Waals surface area contributed by atoms with Crippen LogP contribution in [0, 0.1) is 6.92 Å². The Morgan fingerprint density at radius 2 is 2.00 bits per heavy atom. The number of hydrogen-bond acceptors (Lipinski definition) is 3. The first kappa shape index (κ1) is 11.2. The molecule has 0 aromatic carbocycles. The minimum atomic E-state index is -3.47. The molecule has 0 bridgehead atoms. The molecular weight excluding hydrogens is 202 g/mol. The molecule has 2 N–H and O–H groups in total. The molecular formula is C8H15N3O2S. The van der Waals surface area contributed by atoms with Crippen LogP contribution in [0.5, 0.6) is 0 Å². The van der Waals surface area contributed by atoms with Crippen molar-refractivity contribution in [3.63, 3.8) is 0 Å². The molecule has 0 saturated carbocycles. The number of H-pyrrole nitrogens is 1. The quantitative estimate of drug-likeness (QED) is 0.769. The third-order valence-corrected chi connectivity index (χ3v) is 3.08. The Labute approximate surface area is 84.0 Å². The standard InChI is InChI=1S/C8H15N3O2S/c1-6-9-5-7(10-6)14(12,13)11-8(2,3)4/h5,11H,1-4H3,(H,9,10). The van der Waals surface area contributed by atoms with E-state index in [9.17, 15) is 8.42 Å². The van der Waals surface area contributed by atoms with Gasteiger partial charge in [-0.2, -0.15) is 0 Å². The maximum Gasteiger partial charge on any atom is 0.258 e. The van der Waals surface area contributed by atoms with E-state index in [1.807, 2.05) is 0 Å². The van der Waals surface area contributed by atoms with Gasteiger partial charge in [0.25, 0.3) is 10.0 Å². The number of aromatic nitrogens is 2. The van der Waals surface area contributed by atoms with Gasteiger partial charge in [-0.3, -0.25) is 0 Å². The van der Waals surface area contributed by atoms with Crippen LogP contribution in [0.25, 0.3) is 0 Å². The average Bonchev–Trinajstić information content (AvgIpc) is 2.29. The second-order valence-corrected chi connectivity index (χ2v) is 5.84. The van der Waals surface area contributed by atoms with Gasteiger partial charge in [-0.1, -0.05) is 0 Å². The second kappa shape index (κ2) is 3.36. The number of nitrogens with one attached hydrogen (secondary N) is 2. The van der Waals surface area contributed by atoms with Crippen LogP contribution in [-0.2, 0) is 10.0 Å². The Kier molecular flexibility index (Phi) is 2.69. The Bertz CT molecular complexity index is 414. The summed E-state index contributed by atoms with van der Waals surface area (Å²) in [6, 6.07) is 0. The maximum absolute atomic E-state index is 11.7. The predicted octanol–water partition coefficient (Wildman–Crippen LogP) is 0.795. The van der Waals surface area contributed by atoms with Gasteiger partial charge in [0.15, 0.2) is 5.03 Å². The van der Waals surface area contributed by atoms with Gasteiger partial charge < -0.3 is 4.98 Å². The summed E-state index contributed by atoms with van der Waals surface area (Å²) < 4.78 is 25.9. The number of nitrogens with zero attached hydrogens (tertiary/aromatic N) is 1. The summed E-state index contributed by atoms with van der Waals surface area (Å²) in [5, 5.41) is 0.102. The van der Waals surface area contributed by atoms with E-state index >= 15 is 0 Å². The average molecular weight is 217 g/mol. The zero-order valence-electron chi connectivity index (χ0n) is 8.75. The lowest BCUT2D eigenvalue weighted by molar-refractivity contribution is 0.490. The summed E-state index contributed by atoms with van der Waals surface area (Å²) in [5.41, 5.74) is -0.488. The zero-order chi connectivity index (χ0) is 11.0. The molecule has 6 heteroatoms. The first-order valence-corrected chi connectivity index (χ1v) is 5.75. The fourth-order valence-electron chi connectivity index (χ4n) is 0.993. The molecule has 0 unspecified atom stereocenters. The van der Waals surface area contributed by atoms with E-state index in [0.29, 0.717) is 5.82 Å². The van der Waals surface area contributed by atoms with Crippen LogP contribution in [0.2, 0.25) is 0 Å². The van der Waals surface area contributed by atoms with Crippen molar-refractivity contribution in [2.24, 2.45) is 0 Å². The second-order valence-electron chi connectivity index (χ2n) is 4.19. The lowest BCUT2D eigenvalue weighted by atomic mass is 10.1. The lowest BCUT2D eigenvalue weighted by Crippen LogP contribution is -2.40. The third-order valence-electron chi connectivity index (χ3n) is 1.41. The van der Waals surface area contributed by atoms with Crippen LogP contribution in [0.3, 0.4) is 0 Å². The Morgan fingerprint density at radius 1 is 1.43 bits per heavy atom. The number of imidazole rings is 1. The summed E-state index contributed by atoms with van der Waals surface area (Å²) in [6.07, 6.45) is 1.31. The fourth-order valence-corrected chi connectivity index (χ4v) is 2.38. The number of rotatable bonds is 2. The van der Waals surface area contributed by atoms with E-state index < -0.39 is 15.6 Å². The molecule has 1 heterocycles. The lowest BCUT2D eigenvalue weighted by Gasteiger charge is -2.19. The first-order valence-electron chi connectivity index (χ1n) is 4.26. The van der Waals surface area contributed by atoms with Crippen LogP contribution in [0.15, 0.2) is 11.2 Å². The third kappa shape index (κ3) is 2.81. The van der Waals surface area contributed by atoms with E-state index in [1.165, 1.54) is 6.20 Å². The van der Waals surface area contributed by atoms with E-state index in [0.717, 1.165) is 0 Å². The number of aromatic amines is 1. The molecule has 80 valence electrons. The van der Waals surface area contributed by atoms with Gasteiger partial charge in [-0.15, -0.1) is 0 Å². The van der Waals surface area contributed by atoms with Crippen LogP contribution in [-0.4, -0.2) is 23.9 Å². The molecule has 0 saturated heterocycles. The van der Waals surface area contributed by atoms with E-state index in [-0.39, 0.29) is 5.03 Å². The van der Waals surface area contributed by atoms with E-state index in [4.69, 9.17) is 0 Å². The topological polar surface area (TPSA) is 74.8 Å². The first-order chi connectivity index (χ1) is 6.21. The van der Waals surface area contributed by atoms with Crippen LogP contribution in [0.1, 0.15) is 26.6 Å². The highest BCUT2D eigenvalue weighted by Crippen LogP contribution is 2.09. The zero-order valence-corrected chi connectivity index (χ0v) is 9.57. The number of hydrogen-bond donors (Lipinski definition) is 2. The summed E-state index contributed by atoms with van der Waals surface area (Å²) in [4.78, 5) is 6.52. The van der Waals surface area contributed by atoms with Crippen molar-refractivity contribution < 1.29 is 8.42 Å². The SMILES string of the molecule is Cc1ncc(S(=O)(=O)NC(C)(C)C)[nH]1. The molecule has 0 spiro atoms. The summed E-state index contributed by atoms with van der Waals surface area (Å²) >= 11 is 0. The van der Waals surface area contributed by atoms with Gasteiger partial charge >= 0.3 is 0 Å². The Morgan fingerprint density at radius 3 is 2.36 bits per heavy atom. The van der Waals surface area contributed by atoms with Crippen molar-refractivity contribution in [1.82, 2.24) is 14.7 Å². The van der Waals surface area contributed by atoms with Crippen LogP contribution in [0.4, 0.5) is 0 Å². The summed E-state index contributed by atoms with van der Waals surface area (Å²) in [7, 11) is -3.47. The molecule has 0 fully saturated rings. The van der Waals surface area contributed by atoms with Gasteiger partial charge in [0.05, 0.1) is 6.20 Å². The van der Waals surface area contributed by atoms with Crippen molar-refractivity contribution >= 4 is 10.0 Å². The van der Waals surface area contributed by atoms with E-state index in [2.05, 4.69) is 14.7 Å². The normalized spacial score (nSPS) is 13.1. The Hall–Kier alpha value is -0.880. The van der Waals surface area contributed by atoms with Gasteiger partial charge in [0.1, 0.15) is 5.82 Å². The molecule has 1 rings (SSSR count). The monoisotopic (exact) mass is 217 g/mol. The highest BCUT2D eigenvalue weighted by atomic mass is 32.2. The largest absolute Gasteiger partial charge is 0.332 e. The predicted molar refractivity (Wildman–Crippen MR) is 53.4 cm³/mol. The molecule has 5 nitrogen and oxygen atoms in total. The van der Waals surface area contributed by atoms with Crippen molar-refractivity contribution in [3.8, 4) is 0 Å². The van der Waals surface area contributed by atoms with Gasteiger partial charge in [0, 0.05) is 5.54 Å². The van der Waals surface area contributed by atoms with Crippen molar-refractivity contribution in [1.29, 1.82) is 0 Å². The highest BCUT2D eigenvalue weighted by molar-refractivity contribution is 7.89. The van der Waals surface area contributed by atoms with Crippen molar-refractivity contribution in [2.75, 3.05) is 0 Å². The van der Waals surface area contributed by atoms with Crippen LogP contribution >= 0.6 is 0 Å². The molecule has 1 aromatic heterocycles. The molecule has 1 aromatic rings. The molecule has 0 atom stereocenters. The minimum absolute atomic E-state index is 0.102. The smallest absolute Gasteiger partial charge is 0.258 e. The summed E-state index contributed by atoms with van der Waals surface area (Å²) in [5.74, 6) is 0.583.